The maximum Gasteiger partial charge on any atom is 0.242 e. The quantitative estimate of drug-likeness (QED) is 0.613. The Morgan fingerprint density at radius 3 is 2.63 bits per heavy atom. The van der Waals surface area contributed by atoms with Crippen molar-refractivity contribution in [1.82, 2.24) is 10.2 Å². The highest BCUT2D eigenvalue weighted by Gasteiger charge is 2.41. The molecule has 1 aliphatic heterocycles. The molecule has 2 aliphatic rings. The van der Waals surface area contributed by atoms with E-state index in [0.29, 0.717) is 13.0 Å². The average Bonchev–Trinajstić information content (AvgIpc) is 3.12. The molecule has 0 aromatic carbocycles. The Kier molecular flexibility index (Phi) is 4.10. The first-order valence-electron chi connectivity index (χ1n) is 6.86. The second-order valence-electron chi connectivity index (χ2n) is 5.84. The first-order chi connectivity index (χ1) is 8.94. The normalized spacial score (nSPS) is 26.1. The maximum absolute atomic E-state index is 12.1. The highest BCUT2D eigenvalue weighted by molar-refractivity contribution is 5.90. The van der Waals surface area contributed by atoms with E-state index in [4.69, 9.17) is 5.11 Å². The summed E-state index contributed by atoms with van der Waals surface area (Å²) in [5.74, 6) is -0.0271. The number of nitrogens with one attached hydrogen (secondary N) is 1. The number of aliphatic hydroxyl groups is 2. The zero-order chi connectivity index (χ0) is 14.0. The van der Waals surface area contributed by atoms with Crippen LogP contribution in [-0.4, -0.2) is 58.3 Å². The Bertz CT molecular complexity index is 366. The Balaban J connectivity index is 1.88. The second kappa shape index (κ2) is 5.46. The predicted octanol–water partition coefficient (Wildman–Crippen LogP) is -0.753. The van der Waals surface area contributed by atoms with E-state index in [1.807, 2.05) is 0 Å². The fraction of sp³-hybridized carbons (Fsp3) is 0.846. The van der Waals surface area contributed by atoms with E-state index in [0.717, 1.165) is 19.3 Å². The molecule has 2 rings (SSSR count). The largest absolute Gasteiger partial charge is 0.393 e. The number of hydrogen-bond acceptors (Lipinski definition) is 4. The number of nitrogens with zero attached hydrogens (tertiary/aromatic N) is 1. The van der Waals surface area contributed by atoms with Crippen LogP contribution in [-0.2, 0) is 9.59 Å². The number of rotatable bonds is 5. The lowest BCUT2D eigenvalue weighted by Gasteiger charge is -2.26. The summed E-state index contributed by atoms with van der Waals surface area (Å²) < 4.78 is 0. The minimum absolute atomic E-state index is 0.00963. The van der Waals surface area contributed by atoms with Crippen molar-refractivity contribution in [1.29, 1.82) is 0 Å². The molecule has 6 heteroatoms. The highest BCUT2D eigenvalue weighted by atomic mass is 16.3. The Morgan fingerprint density at radius 1 is 1.37 bits per heavy atom. The van der Waals surface area contributed by atoms with Gasteiger partial charge in [-0.15, -0.1) is 0 Å². The van der Waals surface area contributed by atoms with E-state index >= 15 is 0 Å². The molecule has 6 nitrogen and oxygen atoms in total. The lowest BCUT2D eigenvalue weighted by atomic mass is 10.1. The predicted molar refractivity (Wildman–Crippen MR) is 68.2 cm³/mol. The van der Waals surface area contributed by atoms with Crippen LogP contribution in [0.3, 0.4) is 0 Å². The van der Waals surface area contributed by atoms with E-state index in [2.05, 4.69) is 5.32 Å². The van der Waals surface area contributed by atoms with Gasteiger partial charge in [-0.1, -0.05) is 0 Å². The standard InChI is InChI=1S/C13H22N2O4/c1-13(19,8-16)7-14-11(17)10-3-2-6-15(10)12(18)9-4-5-9/h9-10,16,19H,2-8H2,1H3,(H,14,17). The molecule has 1 saturated carbocycles. The fourth-order valence-corrected chi connectivity index (χ4v) is 2.32. The molecule has 19 heavy (non-hydrogen) atoms. The summed E-state index contributed by atoms with van der Waals surface area (Å²) in [6.07, 6.45) is 3.38. The molecule has 0 aromatic heterocycles. The molecule has 0 aromatic rings. The maximum atomic E-state index is 12.1. The van der Waals surface area contributed by atoms with Gasteiger partial charge in [0.1, 0.15) is 11.6 Å². The smallest absolute Gasteiger partial charge is 0.242 e. The van der Waals surface area contributed by atoms with Crippen molar-refractivity contribution in [3.05, 3.63) is 0 Å². The zero-order valence-corrected chi connectivity index (χ0v) is 11.3. The third-order valence-corrected chi connectivity index (χ3v) is 3.75. The Hall–Kier alpha value is -1.14. The van der Waals surface area contributed by atoms with Crippen LogP contribution in [0.2, 0.25) is 0 Å². The van der Waals surface area contributed by atoms with Gasteiger partial charge < -0.3 is 20.4 Å². The number of carbonyl (C=O) groups excluding carboxylic acids is 2. The summed E-state index contributed by atoms with van der Waals surface area (Å²) in [4.78, 5) is 25.8. The van der Waals surface area contributed by atoms with E-state index in [9.17, 15) is 14.7 Å². The average molecular weight is 270 g/mol. The first kappa shape index (κ1) is 14.3. The van der Waals surface area contributed by atoms with Gasteiger partial charge in [0.2, 0.25) is 11.8 Å². The topological polar surface area (TPSA) is 89.9 Å². The Labute approximate surface area is 112 Å². The number of likely N-dealkylation sites (tertiary alicyclic amines) is 1. The minimum atomic E-state index is -1.32. The van der Waals surface area contributed by atoms with Gasteiger partial charge in [-0.3, -0.25) is 9.59 Å². The SMILES string of the molecule is CC(O)(CO)CNC(=O)C1CCCN1C(=O)C1CC1. The van der Waals surface area contributed by atoms with E-state index < -0.39 is 18.2 Å². The van der Waals surface area contributed by atoms with Crippen LogP contribution in [0.4, 0.5) is 0 Å². The van der Waals surface area contributed by atoms with Crippen LogP contribution in [0.5, 0.6) is 0 Å². The molecule has 2 atom stereocenters. The van der Waals surface area contributed by atoms with Gasteiger partial charge in [-0.2, -0.15) is 0 Å². The zero-order valence-electron chi connectivity index (χ0n) is 11.3. The van der Waals surface area contributed by atoms with Gasteiger partial charge in [0.25, 0.3) is 0 Å². The second-order valence-corrected chi connectivity index (χ2v) is 5.84. The monoisotopic (exact) mass is 270 g/mol. The summed E-state index contributed by atoms with van der Waals surface area (Å²) in [5.41, 5.74) is -1.32. The molecule has 2 unspecified atom stereocenters. The summed E-state index contributed by atoms with van der Waals surface area (Å²) in [7, 11) is 0. The number of amides is 2. The minimum Gasteiger partial charge on any atom is -0.393 e. The third kappa shape index (κ3) is 3.45. The number of hydrogen-bond donors (Lipinski definition) is 3. The molecule has 0 spiro atoms. The van der Waals surface area contributed by atoms with Gasteiger partial charge in [-0.05, 0) is 32.6 Å². The lowest BCUT2D eigenvalue weighted by Crippen LogP contribution is -2.50. The summed E-state index contributed by atoms with van der Waals surface area (Å²) in [5, 5.41) is 21.2. The van der Waals surface area contributed by atoms with Crippen LogP contribution in [0, 0.1) is 5.92 Å². The van der Waals surface area contributed by atoms with Gasteiger partial charge in [0.05, 0.1) is 6.61 Å². The van der Waals surface area contributed by atoms with Crippen LogP contribution in [0.25, 0.3) is 0 Å². The van der Waals surface area contributed by atoms with Crippen LogP contribution in [0.15, 0.2) is 0 Å². The van der Waals surface area contributed by atoms with E-state index in [1.165, 1.54) is 6.92 Å². The highest BCUT2D eigenvalue weighted by Crippen LogP contribution is 2.33. The molecule has 3 N–H and O–H groups in total. The van der Waals surface area contributed by atoms with Crippen molar-refractivity contribution in [2.45, 2.75) is 44.2 Å². The summed E-state index contributed by atoms with van der Waals surface area (Å²) >= 11 is 0. The molecule has 2 fully saturated rings. The molecule has 1 saturated heterocycles. The third-order valence-electron chi connectivity index (χ3n) is 3.75. The van der Waals surface area contributed by atoms with Gasteiger partial charge in [-0.25, -0.2) is 0 Å². The molecule has 0 radical (unpaired) electrons. The van der Waals surface area contributed by atoms with E-state index in [-0.39, 0.29) is 24.3 Å². The summed E-state index contributed by atoms with van der Waals surface area (Å²) in [6.45, 7) is 1.67. The van der Waals surface area contributed by atoms with Crippen molar-refractivity contribution < 1.29 is 19.8 Å². The van der Waals surface area contributed by atoms with Crippen molar-refractivity contribution in [2.75, 3.05) is 19.7 Å². The van der Waals surface area contributed by atoms with Crippen molar-refractivity contribution >= 4 is 11.8 Å². The molecular weight excluding hydrogens is 248 g/mol. The molecule has 1 heterocycles. The van der Waals surface area contributed by atoms with Crippen molar-refractivity contribution in [3.8, 4) is 0 Å². The van der Waals surface area contributed by atoms with Crippen molar-refractivity contribution in [2.24, 2.45) is 5.92 Å². The van der Waals surface area contributed by atoms with Gasteiger partial charge in [0, 0.05) is 19.0 Å². The van der Waals surface area contributed by atoms with Crippen LogP contribution >= 0.6 is 0 Å². The summed E-state index contributed by atoms with van der Waals surface area (Å²) in [6, 6.07) is -0.414. The molecule has 108 valence electrons. The van der Waals surface area contributed by atoms with Crippen molar-refractivity contribution in [3.63, 3.8) is 0 Å². The molecular formula is C13H22N2O4. The molecule has 0 bridgehead atoms. The van der Waals surface area contributed by atoms with Gasteiger partial charge in [0.15, 0.2) is 0 Å². The van der Waals surface area contributed by atoms with Gasteiger partial charge >= 0.3 is 0 Å². The molecule has 1 aliphatic carbocycles. The van der Waals surface area contributed by atoms with E-state index in [1.54, 1.807) is 4.90 Å². The molecule has 2 amide bonds. The number of carbonyl (C=O) groups is 2. The fourth-order valence-electron chi connectivity index (χ4n) is 2.32. The Morgan fingerprint density at radius 2 is 2.05 bits per heavy atom. The van der Waals surface area contributed by atoms with Crippen LogP contribution < -0.4 is 5.32 Å². The first-order valence-corrected chi connectivity index (χ1v) is 6.86. The number of aliphatic hydroxyl groups excluding tert-OH is 1. The van der Waals surface area contributed by atoms with Crippen LogP contribution in [0.1, 0.15) is 32.6 Å². The lowest BCUT2D eigenvalue weighted by molar-refractivity contribution is -0.139.